The first kappa shape index (κ1) is 23.3. The molecule has 0 unspecified atom stereocenters. The van der Waals surface area contributed by atoms with Gasteiger partial charge in [0.25, 0.3) is 5.91 Å². The number of rotatable bonds is 8. The van der Waals surface area contributed by atoms with Crippen molar-refractivity contribution in [3.63, 3.8) is 0 Å². The largest absolute Gasteiger partial charge is 0.464 e. The summed E-state index contributed by atoms with van der Waals surface area (Å²) in [5, 5.41) is 2.65. The standard InChI is InChI=1S/C20H29FN2O5S/c1-4-23(5-2)29(26,27)15-10-11-17(21)16(14-15)18(24)22-20(19(25)28-6-3)12-8-7-9-13-20/h10-11,14H,4-9,12-13H2,1-3H3,(H,22,24). The molecule has 1 aliphatic rings. The highest BCUT2D eigenvalue weighted by molar-refractivity contribution is 7.89. The molecule has 1 aromatic rings. The normalized spacial score (nSPS) is 16.4. The highest BCUT2D eigenvalue weighted by atomic mass is 32.2. The van der Waals surface area contributed by atoms with Crippen molar-refractivity contribution in [3.8, 4) is 0 Å². The number of nitrogens with one attached hydrogen (secondary N) is 1. The lowest BCUT2D eigenvalue weighted by molar-refractivity contribution is -0.152. The molecule has 1 saturated carbocycles. The molecule has 0 spiro atoms. The third kappa shape index (κ3) is 4.95. The highest BCUT2D eigenvalue weighted by Crippen LogP contribution is 2.30. The summed E-state index contributed by atoms with van der Waals surface area (Å²) in [7, 11) is -3.85. The Kier molecular flexibility index (Phi) is 7.76. The maximum Gasteiger partial charge on any atom is 0.331 e. The summed E-state index contributed by atoms with van der Waals surface area (Å²) in [6, 6.07) is 3.13. The predicted molar refractivity (Wildman–Crippen MR) is 106 cm³/mol. The summed E-state index contributed by atoms with van der Waals surface area (Å²) in [4.78, 5) is 25.2. The van der Waals surface area contributed by atoms with Gasteiger partial charge in [-0.1, -0.05) is 33.1 Å². The van der Waals surface area contributed by atoms with Crippen LogP contribution in [0.2, 0.25) is 0 Å². The lowest BCUT2D eigenvalue weighted by Gasteiger charge is -2.35. The second kappa shape index (κ2) is 9.67. The summed E-state index contributed by atoms with van der Waals surface area (Å²) in [6.45, 7) is 5.75. The Labute approximate surface area is 171 Å². The molecule has 29 heavy (non-hydrogen) atoms. The molecule has 1 fully saturated rings. The van der Waals surface area contributed by atoms with E-state index in [2.05, 4.69) is 5.32 Å². The molecule has 0 saturated heterocycles. The molecular weight excluding hydrogens is 399 g/mol. The van der Waals surface area contributed by atoms with Crippen molar-refractivity contribution in [1.29, 1.82) is 0 Å². The van der Waals surface area contributed by atoms with Crippen LogP contribution in [0, 0.1) is 5.82 Å². The Morgan fingerprint density at radius 3 is 2.31 bits per heavy atom. The van der Waals surface area contributed by atoms with Gasteiger partial charge in [0.15, 0.2) is 0 Å². The Hall–Kier alpha value is -2.00. The van der Waals surface area contributed by atoms with Crippen molar-refractivity contribution in [2.45, 2.75) is 63.3 Å². The average Bonchev–Trinajstić information content (AvgIpc) is 2.69. The Balaban J connectivity index is 2.38. The van der Waals surface area contributed by atoms with Gasteiger partial charge in [-0.25, -0.2) is 17.6 Å². The van der Waals surface area contributed by atoms with Gasteiger partial charge in [0, 0.05) is 13.1 Å². The third-order valence-corrected chi connectivity index (χ3v) is 7.30. The topological polar surface area (TPSA) is 92.8 Å². The number of nitrogens with zero attached hydrogens (tertiary/aromatic N) is 1. The highest BCUT2D eigenvalue weighted by Gasteiger charge is 2.42. The third-order valence-electron chi connectivity index (χ3n) is 5.25. The lowest BCUT2D eigenvalue weighted by atomic mass is 9.81. The van der Waals surface area contributed by atoms with Crippen LogP contribution in [0.15, 0.2) is 23.1 Å². The molecule has 1 aromatic carbocycles. The van der Waals surface area contributed by atoms with E-state index in [1.807, 2.05) is 0 Å². The maximum atomic E-state index is 14.4. The molecule has 7 nitrogen and oxygen atoms in total. The van der Waals surface area contributed by atoms with E-state index in [0.717, 1.165) is 37.5 Å². The molecule has 1 amide bonds. The molecule has 0 atom stereocenters. The van der Waals surface area contributed by atoms with E-state index in [-0.39, 0.29) is 24.6 Å². The molecule has 1 N–H and O–H groups in total. The zero-order valence-electron chi connectivity index (χ0n) is 17.2. The van der Waals surface area contributed by atoms with Crippen molar-refractivity contribution in [2.24, 2.45) is 0 Å². The first-order valence-electron chi connectivity index (χ1n) is 10.0. The van der Waals surface area contributed by atoms with Crippen molar-refractivity contribution in [3.05, 3.63) is 29.6 Å². The summed E-state index contributed by atoms with van der Waals surface area (Å²) in [5.41, 5.74) is -1.63. The number of esters is 1. The van der Waals surface area contributed by atoms with Crippen molar-refractivity contribution >= 4 is 21.9 Å². The SMILES string of the molecule is CCOC(=O)C1(NC(=O)c2cc(S(=O)(=O)N(CC)CC)ccc2F)CCCCC1. The van der Waals surface area contributed by atoms with E-state index in [0.29, 0.717) is 12.8 Å². The van der Waals surface area contributed by atoms with Gasteiger partial charge in [0.05, 0.1) is 17.1 Å². The molecule has 0 aromatic heterocycles. The van der Waals surface area contributed by atoms with Gasteiger partial charge in [-0.3, -0.25) is 4.79 Å². The van der Waals surface area contributed by atoms with Gasteiger partial charge in [-0.2, -0.15) is 4.31 Å². The molecule has 2 rings (SSSR count). The van der Waals surface area contributed by atoms with Crippen LogP contribution in [0.25, 0.3) is 0 Å². The van der Waals surface area contributed by atoms with Crippen LogP contribution in [-0.2, 0) is 19.6 Å². The Morgan fingerprint density at radius 2 is 1.76 bits per heavy atom. The van der Waals surface area contributed by atoms with Crippen LogP contribution in [0.3, 0.4) is 0 Å². The predicted octanol–water partition coefficient (Wildman–Crippen LogP) is 2.85. The average molecular weight is 429 g/mol. The fourth-order valence-corrected chi connectivity index (χ4v) is 5.13. The van der Waals surface area contributed by atoms with Crippen molar-refractivity contribution in [2.75, 3.05) is 19.7 Å². The van der Waals surface area contributed by atoms with Crippen LogP contribution in [-0.4, -0.2) is 49.8 Å². The smallest absolute Gasteiger partial charge is 0.331 e. The molecule has 0 radical (unpaired) electrons. The first-order valence-corrected chi connectivity index (χ1v) is 11.4. The Bertz CT molecular complexity index is 846. The van der Waals surface area contributed by atoms with Gasteiger partial charge < -0.3 is 10.1 Å². The zero-order chi connectivity index (χ0) is 21.7. The molecule has 9 heteroatoms. The van der Waals surface area contributed by atoms with Crippen LogP contribution in [0.4, 0.5) is 4.39 Å². The number of carbonyl (C=O) groups is 2. The van der Waals surface area contributed by atoms with Gasteiger partial charge in [0.1, 0.15) is 11.4 Å². The number of benzene rings is 1. The van der Waals surface area contributed by atoms with E-state index in [1.165, 1.54) is 4.31 Å². The Morgan fingerprint density at radius 1 is 1.14 bits per heavy atom. The molecule has 1 aliphatic carbocycles. The number of ether oxygens (including phenoxy) is 1. The molecular formula is C20H29FN2O5S. The second-order valence-electron chi connectivity index (χ2n) is 7.05. The monoisotopic (exact) mass is 428 g/mol. The molecule has 162 valence electrons. The lowest BCUT2D eigenvalue weighted by Crippen LogP contribution is -2.56. The minimum Gasteiger partial charge on any atom is -0.464 e. The summed E-state index contributed by atoms with van der Waals surface area (Å²) >= 11 is 0. The molecule has 0 bridgehead atoms. The quantitative estimate of drug-likeness (QED) is 0.643. The van der Waals surface area contributed by atoms with Crippen molar-refractivity contribution < 1.29 is 27.1 Å². The minimum absolute atomic E-state index is 0.165. The van der Waals surface area contributed by atoms with Gasteiger partial charge in [0.2, 0.25) is 10.0 Å². The van der Waals surface area contributed by atoms with Crippen LogP contribution >= 0.6 is 0 Å². The van der Waals surface area contributed by atoms with E-state index in [4.69, 9.17) is 4.74 Å². The van der Waals surface area contributed by atoms with Crippen LogP contribution < -0.4 is 5.32 Å². The van der Waals surface area contributed by atoms with Gasteiger partial charge in [-0.15, -0.1) is 0 Å². The number of hydrogen-bond acceptors (Lipinski definition) is 5. The van der Waals surface area contributed by atoms with Crippen molar-refractivity contribution in [1.82, 2.24) is 9.62 Å². The molecule has 0 heterocycles. The minimum atomic E-state index is -3.85. The van der Waals surface area contributed by atoms with E-state index in [9.17, 15) is 22.4 Å². The first-order chi connectivity index (χ1) is 13.7. The summed E-state index contributed by atoms with van der Waals surface area (Å²) in [6.07, 6.45) is 3.20. The summed E-state index contributed by atoms with van der Waals surface area (Å²) in [5.74, 6) is -2.22. The summed E-state index contributed by atoms with van der Waals surface area (Å²) < 4.78 is 46.2. The number of carbonyl (C=O) groups excluding carboxylic acids is 2. The number of amides is 1. The van der Waals surface area contributed by atoms with Gasteiger partial charge in [-0.05, 0) is 38.0 Å². The van der Waals surface area contributed by atoms with Crippen LogP contribution in [0.1, 0.15) is 63.2 Å². The number of sulfonamides is 1. The number of hydrogen-bond donors (Lipinski definition) is 1. The maximum absolute atomic E-state index is 14.4. The van der Waals surface area contributed by atoms with Gasteiger partial charge >= 0.3 is 5.97 Å². The van der Waals surface area contributed by atoms with Crippen LogP contribution in [0.5, 0.6) is 0 Å². The van der Waals surface area contributed by atoms with E-state index >= 15 is 0 Å². The number of halogens is 1. The van der Waals surface area contributed by atoms with E-state index < -0.39 is 38.8 Å². The zero-order valence-corrected chi connectivity index (χ0v) is 18.0. The fourth-order valence-electron chi connectivity index (χ4n) is 3.64. The molecule has 0 aliphatic heterocycles. The fraction of sp³-hybridized carbons (Fsp3) is 0.600. The second-order valence-corrected chi connectivity index (χ2v) is 8.99. The van der Waals surface area contributed by atoms with E-state index in [1.54, 1.807) is 20.8 Å².